The number of benzene rings is 2. The zero-order chi connectivity index (χ0) is 17.2. The lowest BCUT2D eigenvalue weighted by Crippen LogP contribution is -2.20. The standard InChI is InChI=1S/C19H20N2O3/c1-24-18-9-7-16(8-10-18)14-20-21-19(23)17(11-12-22)13-15-5-3-2-4-6-15/h2-10,13-14,22H,11-12H2,1H3,(H,21,23)/b17-13+,20-14-. The molecule has 2 N–H and O–H groups in total. The van der Waals surface area contributed by atoms with Crippen molar-refractivity contribution in [2.75, 3.05) is 13.7 Å². The number of nitrogens with zero attached hydrogens (tertiary/aromatic N) is 1. The van der Waals surface area contributed by atoms with Crippen molar-refractivity contribution in [3.05, 3.63) is 71.3 Å². The third-order valence-electron chi connectivity index (χ3n) is 3.31. The molecule has 24 heavy (non-hydrogen) atoms. The number of methoxy groups -OCH3 is 1. The maximum Gasteiger partial charge on any atom is 0.267 e. The first-order valence-electron chi connectivity index (χ1n) is 7.57. The fourth-order valence-electron chi connectivity index (χ4n) is 2.05. The van der Waals surface area contributed by atoms with Crippen LogP contribution in [-0.4, -0.2) is 30.9 Å². The van der Waals surface area contributed by atoms with Gasteiger partial charge in [-0.3, -0.25) is 4.79 Å². The summed E-state index contributed by atoms with van der Waals surface area (Å²) in [6.45, 7) is -0.103. The van der Waals surface area contributed by atoms with E-state index in [2.05, 4.69) is 10.5 Å². The highest BCUT2D eigenvalue weighted by molar-refractivity contribution is 5.98. The number of amides is 1. The lowest BCUT2D eigenvalue weighted by molar-refractivity contribution is -0.117. The summed E-state index contributed by atoms with van der Waals surface area (Å²) in [6, 6.07) is 16.8. The minimum Gasteiger partial charge on any atom is -0.497 e. The lowest BCUT2D eigenvalue weighted by Gasteiger charge is -2.05. The third kappa shape index (κ3) is 5.37. The van der Waals surface area contributed by atoms with E-state index in [1.807, 2.05) is 54.6 Å². The Bertz CT molecular complexity index is 707. The monoisotopic (exact) mass is 324 g/mol. The maximum atomic E-state index is 12.2. The second-order valence-electron chi connectivity index (χ2n) is 5.03. The van der Waals surface area contributed by atoms with Crippen molar-refractivity contribution in [1.29, 1.82) is 0 Å². The fraction of sp³-hybridized carbons (Fsp3) is 0.158. The molecule has 0 fully saturated rings. The Balaban J connectivity index is 2.02. The molecular weight excluding hydrogens is 304 g/mol. The Morgan fingerprint density at radius 2 is 1.83 bits per heavy atom. The fourth-order valence-corrected chi connectivity index (χ4v) is 2.05. The zero-order valence-corrected chi connectivity index (χ0v) is 13.5. The molecule has 0 aliphatic heterocycles. The molecule has 0 unspecified atom stereocenters. The number of hydrogen-bond donors (Lipinski definition) is 2. The van der Waals surface area contributed by atoms with Crippen LogP contribution >= 0.6 is 0 Å². The average Bonchev–Trinajstić information content (AvgIpc) is 2.62. The van der Waals surface area contributed by atoms with Gasteiger partial charge < -0.3 is 9.84 Å². The summed E-state index contributed by atoms with van der Waals surface area (Å²) in [6.07, 6.45) is 3.56. The molecule has 0 aliphatic rings. The van der Waals surface area contributed by atoms with Crippen LogP contribution in [-0.2, 0) is 4.79 Å². The first-order chi connectivity index (χ1) is 11.7. The molecule has 2 aromatic rings. The third-order valence-corrected chi connectivity index (χ3v) is 3.31. The highest BCUT2D eigenvalue weighted by atomic mass is 16.5. The molecule has 2 aromatic carbocycles. The molecule has 5 heteroatoms. The molecule has 0 aliphatic carbocycles. The first kappa shape index (κ1) is 17.4. The average molecular weight is 324 g/mol. The van der Waals surface area contributed by atoms with Gasteiger partial charge in [-0.15, -0.1) is 0 Å². The van der Waals surface area contributed by atoms with Crippen LogP contribution in [0.25, 0.3) is 6.08 Å². The number of aliphatic hydroxyl groups excluding tert-OH is 1. The molecule has 1 amide bonds. The van der Waals surface area contributed by atoms with E-state index in [9.17, 15) is 4.79 Å². The molecule has 0 radical (unpaired) electrons. The Kier molecular flexibility index (Phi) is 6.73. The summed E-state index contributed by atoms with van der Waals surface area (Å²) in [5.41, 5.74) is 4.69. The Hall–Kier alpha value is -2.92. The molecule has 2 rings (SSSR count). The number of aliphatic hydroxyl groups is 1. The van der Waals surface area contributed by atoms with Crippen LogP contribution in [0, 0.1) is 0 Å². The number of hydrogen-bond acceptors (Lipinski definition) is 4. The minimum absolute atomic E-state index is 0.103. The SMILES string of the molecule is COc1ccc(/C=N\NC(=O)/C(=C/c2ccccc2)CCO)cc1. The molecule has 0 spiro atoms. The summed E-state index contributed by atoms with van der Waals surface area (Å²) < 4.78 is 5.08. The summed E-state index contributed by atoms with van der Waals surface area (Å²) in [4.78, 5) is 12.2. The van der Waals surface area contributed by atoms with Crippen LogP contribution in [0.5, 0.6) is 5.75 Å². The quantitative estimate of drug-likeness (QED) is 0.467. The molecule has 0 saturated carbocycles. The van der Waals surface area contributed by atoms with E-state index in [-0.39, 0.29) is 18.9 Å². The molecule has 0 heterocycles. The largest absolute Gasteiger partial charge is 0.497 e. The zero-order valence-electron chi connectivity index (χ0n) is 13.5. The van der Waals surface area contributed by atoms with Crippen molar-refractivity contribution in [2.24, 2.45) is 5.10 Å². The summed E-state index contributed by atoms with van der Waals surface area (Å²) >= 11 is 0. The van der Waals surface area contributed by atoms with E-state index in [4.69, 9.17) is 9.84 Å². The van der Waals surface area contributed by atoms with Gasteiger partial charge in [-0.05, 0) is 41.5 Å². The molecule has 124 valence electrons. The van der Waals surface area contributed by atoms with Crippen LogP contribution in [0.15, 0.2) is 65.3 Å². The molecule has 5 nitrogen and oxygen atoms in total. The van der Waals surface area contributed by atoms with Gasteiger partial charge in [-0.25, -0.2) is 5.43 Å². The van der Waals surface area contributed by atoms with Gasteiger partial charge >= 0.3 is 0 Å². The van der Waals surface area contributed by atoms with Gasteiger partial charge in [0.25, 0.3) is 5.91 Å². The van der Waals surface area contributed by atoms with Crippen molar-refractivity contribution in [1.82, 2.24) is 5.43 Å². The van der Waals surface area contributed by atoms with Crippen molar-refractivity contribution >= 4 is 18.2 Å². The van der Waals surface area contributed by atoms with Crippen molar-refractivity contribution in [3.63, 3.8) is 0 Å². The van der Waals surface area contributed by atoms with Crippen molar-refractivity contribution in [3.8, 4) is 5.75 Å². The van der Waals surface area contributed by atoms with Gasteiger partial charge in [0.1, 0.15) is 5.75 Å². The maximum absolute atomic E-state index is 12.2. The second-order valence-corrected chi connectivity index (χ2v) is 5.03. The Morgan fingerprint density at radius 3 is 2.46 bits per heavy atom. The molecule has 0 atom stereocenters. The number of rotatable bonds is 7. The predicted octanol–water partition coefficient (Wildman–Crippen LogP) is 2.61. The summed E-state index contributed by atoms with van der Waals surface area (Å²) in [5, 5.41) is 13.1. The molecule has 0 aromatic heterocycles. The molecular formula is C19H20N2O3. The van der Waals surface area contributed by atoms with Gasteiger partial charge in [0.05, 0.1) is 13.3 Å². The normalized spacial score (nSPS) is 11.5. The first-order valence-corrected chi connectivity index (χ1v) is 7.57. The number of ether oxygens (including phenoxy) is 1. The van der Waals surface area contributed by atoms with Crippen LogP contribution in [0.1, 0.15) is 17.5 Å². The highest BCUT2D eigenvalue weighted by Crippen LogP contribution is 2.11. The molecule has 0 saturated heterocycles. The number of hydrazone groups is 1. The second kappa shape index (κ2) is 9.27. The van der Waals surface area contributed by atoms with E-state index in [1.54, 1.807) is 19.4 Å². The van der Waals surface area contributed by atoms with Crippen LogP contribution in [0.2, 0.25) is 0 Å². The highest BCUT2D eigenvalue weighted by Gasteiger charge is 2.08. The van der Waals surface area contributed by atoms with Crippen LogP contribution in [0.3, 0.4) is 0 Å². The van der Waals surface area contributed by atoms with E-state index < -0.39 is 0 Å². The summed E-state index contributed by atoms with van der Waals surface area (Å²) in [5.74, 6) is 0.421. The van der Waals surface area contributed by atoms with Crippen LogP contribution < -0.4 is 10.2 Å². The van der Waals surface area contributed by atoms with Crippen molar-refractivity contribution in [2.45, 2.75) is 6.42 Å². The van der Waals surface area contributed by atoms with Gasteiger partial charge in [0.15, 0.2) is 0 Å². The lowest BCUT2D eigenvalue weighted by atomic mass is 10.1. The smallest absolute Gasteiger partial charge is 0.267 e. The number of nitrogens with one attached hydrogen (secondary N) is 1. The van der Waals surface area contributed by atoms with Crippen LogP contribution in [0.4, 0.5) is 0 Å². The molecule has 0 bridgehead atoms. The van der Waals surface area contributed by atoms with E-state index in [0.29, 0.717) is 5.57 Å². The number of carbonyl (C=O) groups excluding carboxylic acids is 1. The number of carbonyl (C=O) groups is 1. The Labute approximate surface area is 141 Å². The summed E-state index contributed by atoms with van der Waals surface area (Å²) in [7, 11) is 1.60. The van der Waals surface area contributed by atoms with Gasteiger partial charge in [0, 0.05) is 18.6 Å². The van der Waals surface area contributed by atoms with E-state index >= 15 is 0 Å². The topological polar surface area (TPSA) is 70.9 Å². The van der Waals surface area contributed by atoms with E-state index in [0.717, 1.165) is 16.9 Å². The minimum atomic E-state index is -0.335. The van der Waals surface area contributed by atoms with Gasteiger partial charge in [0.2, 0.25) is 0 Å². The predicted molar refractivity (Wildman–Crippen MR) is 94.9 cm³/mol. The van der Waals surface area contributed by atoms with Gasteiger partial charge in [-0.1, -0.05) is 30.3 Å². The van der Waals surface area contributed by atoms with E-state index in [1.165, 1.54) is 0 Å². The van der Waals surface area contributed by atoms with Gasteiger partial charge in [-0.2, -0.15) is 5.10 Å². The Morgan fingerprint density at radius 1 is 1.12 bits per heavy atom. The van der Waals surface area contributed by atoms with Crippen molar-refractivity contribution < 1.29 is 14.6 Å².